The largest absolute Gasteiger partial charge is 0.505 e. The zero-order chi connectivity index (χ0) is 22.7. The first-order valence-electron chi connectivity index (χ1n) is 8.62. The smallest absolute Gasteiger partial charge is 0.259 e. The highest BCUT2D eigenvalue weighted by Crippen LogP contribution is 2.34. The van der Waals surface area contributed by atoms with Crippen LogP contribution in [0.5, 0.6) is 5.75 Å². The molecule has 158 valence electrons. The van der Waals surface area contributed by atoms with Gasteiger partial charge in [-0.05, 0) is 66.2 Å². The van der Waals surface area contributed by atoms with Gasteiger partial charge >= 0.3 is 0 Å². The number of nitrogens with one attached hydrogen (secondary N) is 1. The Bertz CT molecular complexity index is 1180. The van der Waals surface area contributed by atoms with Crippen LogP contribution >= 0.6 is 58.0 Å². The maximum Gasteiger partial charge on any atom is 0.259 e. The second kappa shape index (κ2) is 9.94. The van der Waals surface area contributed by atoms with Crippen LogP contribution in [0.1, 0.15) is 15.9 Å². The van der Waals surface area contributed by atoms with E-state index < -0.39 is 11.7 Å². The fraction of sp³-hybridized carbons (Fsp3) is 0. The van der Waals surface area contributed by atoms with Crippen molar-refractivity contribution in [3.63, 3.8) is 0 Å². The molecule has 3 aromatic carbocycles. The van der Waals surface area contributed by atoms with E-state index in [4.69, 9.17) is 58.0 Å². The molecule has 0 aliphatic heterocycles. The second-order valence-electron chi connectivity index (χ2n) is 6.31. The van der Waals surface area contributed by atoms with Crippen molar-refractivity contribution < 1.29 is 14.7 Å². The lowest BCUT2D eigenvalue weighted by molar-refractivity contribution is -0.112. The van der Waals surface area contributed by atoms with Crippen molar-refractivity contribution in [1.29, 1.82) is 0 Å². The summed E-state index contributed by atoms with van der Waals surface area (Å²) in [5.41, 5.74) is 0.573. The number of Topliss-reactive ketones (excluding diaryl/α,β-unsaturated/α-hetero) is 1. The molecule has 31 heavy (non-hydrogen) atoms. The minimum absolute atomic E-state index is 0.0321. The summed E-state index contributed by atoms with van der Waals surface area (Å²) in [6.07, 6.45) is 1.31. The highest BCUT2D eigenvalue weighted by Gasteiger charge is 2.22. The van der Waals surface area contributed by atoms with Gasteiger partial charge in [-0.1, -0.05) is 58.0 Å². The fourth-order valence-corrected chi connectivity index (χ4v) is 3.58. The summed E-state index contributed by atoms with van der Waals surface area (Å²) >= 11 is 29.9. The van der Waals surface area contributed by atoms with Crippen molar-refractivity contribution in [2.45, 2.75) is 0 Å². The normalized spacial score (nSPS) is 11.3. The van der Waals surface area contributed by atoms with Crippen LogP contribution in [-0.4, -0.2) is 16.8 Å². The quantitative estimate of drug-likeness (QED) is 0.159. The average Bonchev–Trinajstić information content (AvgIpc) is 2.72. The van der Waals surface area contributed by atoms with Gasteiger partial charge in [0.1, 0.15) is 0 Å². The molecule has 0 fully saturated rings. The number of carbonyl (C=O) groups excluding carboxylic acids is 2. The molecule has 3 rings (SSSR count). The first-order chi connectivity index (χ1) is 14.7. The predicted octanol–water partition coefficient (Wildman–Crippen LogP) is 7.56. The molecule has 4 nitrogen and oxygen atoms in total. The summed E-state index contributed by atoms with van der Waals surface area (Å²) in [5, 5.41) is 13.3. The molecule has 0 spiro atoms. The SMILES string of the molecule is O=C(Nc1cc(Cl)ccc1Cl)/C(=C/c1cc(Cl)c(O)c(Cl)c1)C(=O)c1ccc(Cl)cc1. The van der Waals surface area contributed by atoms with Crippen LogP contribution in [0.4, 0.5) is 5.69 Å². The Hall–Kier alpha value is -2.21. The van der Waals surface area contributed by atoms with Gasteiger partial charge in [0.25, 0.3) is 5.91 Å². The minimum atomic E-state index is -0.732. The van der Waals surface area contributed by atoms with Gasteiger partial charge in [-0.15, -0.1) is 0 Å². The van der Waals surface area contributed by atoms with E-state index in [9.17, 15) is 14.7 Å². The Morgan fingerprint density at radius 3 is 1.97 bits per heavy atom. The van der Waals surface area contributed by atoms with Crippen molar-refractivity contribution in [3.8, 4) is 5.75 Å². The van der Waals surface area contributed by atoms with Gasteiger partial charge < -0.3 is 10.4 Å². The van der Waals surface area contributed by atoms with E-state index in [2.05, 4.69) is 5.32 Å². The Morgan fingerprint density at radius 2 is 1.35 bits per heavy atom. The summed E-state index contributed by atoms with van der Waals surface area (Å²) in [6.45, 7) is 0. The van der Waals surface area contributed by atoms with Crippen LogP contribution < -0.4 is 5.32 Å². The van der Waals surface area contributed by atoms with E-state index in [0.29, 0.717) is 15.6 Å². The first kappa shape index (κ1) is 23.5. The lowest BCUT2D eigenvalue weighted by Gasteiger charge is -2.11. The number of phenols is 1. The van der Waals surface area contributed by atoms with Gasteiger partial charge in [-0.3, -0.25) is 9.59 Å². The van der Waals surface area contributed by atoms with Crippen LogP contribution in [0, 0.1) is 0 Å². The Morgan fingerprint density at radius 1 is 0.774 bits per heavy atom. The third-order valence-corrected chi connectivity index (χ3v) is 5.52. The molecule has 0 heterocycles. The van der Waals surface area contributed by atoms with Gasteiger partial charge in [0.15, 0.2) is 11.5 Å². The van der Waals surface area contributed by atoms with E-state index in [1.54, 1.807) is 6.07 Å². The highest BCUT2D eigenvalue weighted by atomic mass is 35.5. The van der Waals surface area contributed by atoms with Gasteiger partial charge in [0.2, 0.25) is 0 Å². The first-order valence-corrected chi connectivity index (χ1v) is 10.5. The number of amides is 1. The number of rotatable bonds is 5. The molecule has 0 saturated carbocycles. The van der Waals surface area contributed by atoms with Crippen molar-refractivity contribution >= 4 is 81.5 Å². The molecule has 0 unspecified atom stereocenters. The highest BCUT2D eigenvalue weighted by molar-refractivity contribution is 6.38. The van der Waals surface area contributed by atoms with Crippen LogP contribution in [0.15, 0.2) is 60.2 Å². The lowest BCUT2D eigenvalue weighted by Crippen LogP contribution is -2.21. The topological polar surface area (TPSA) is 66.4 Å². The Labute approximate surface area is 202 Å². The predicted molar refractivity (Wildman–Crippen MR) is 127 cm³/mol. The molecule has 0 atom stereocenters. The van der Waals surface area contributed by atoms with Gasteiger partial charge in [0.05, 0.1) is 26.3 Å². The number of anilines is 1. The van der Waals surface area contributed by atoms with Crippen LogP contribution in [0.25, 0.3) is 6.08 Å². The third-order valence-electron chi connectivity index (χ3n) is 4.12. The van der Waals surface area contributed by atoms with Crippen LogP contribution in [0.2, 0.25) is 25.1 Å². The van der Waals surface area contributed by atoms with Crippen molar-refractivity contribution in [2.24, 2.45) is 0 Å². The van der Waals surface area contributed by atoms with Gasteiger partial charge in [0, 0.05) is 15.6 Å². The summed E-state index contributed by atoms with van der Waals surface area (Å²) in [6, 6.07) is 13.3. The molecule has 0 radical (unpaired) electrons. The maximum atomic E-state index is 13.1. The molecule has 0 bridgehead atoms. The minimum Gasteiger partial charge on any atom is -0.505 e. The Kier molecular flexibility index (Phi) is 7.52. The van der Waals surface area contributed by atoms with Crippen LogP contribution in [-0.2, 0) is 4.79 Å². The monoisotopic (exact) mass is 513 g/mol. The summed E-state index contributed by atoms with van der Waals surface area (Å²) < 4.78 is 0. The molecule has 0 aliphatic rings. The fourth-order valence-electron chi connectivity index (χ4n) is 2.61. The van der Waals surface area contributed by atoms with E-state index in [1.807, 2.05) is 0 Å². The molecule has 3 aromatic rings. The number of hydrogen-bond donors (Lipinski definition) is 2. The number of phenolic OH excluding ortho intramolecular Hbond substituents is 1. The van der Waals surface area contributed by atoms with E-state index in [1.165, 1.54) is 54.6 Å². The lowest BCUT2D eigenvalue weighted by atomic mass is 10.00. The molecule has 0 aromatic heterocycles. The van der Waals surface area contributed by atoms with Crippen molar-refractivity contribution in [3.05, 3.63) is 96.4 Å². The number of hydrogen-bond acceptors (Lipinski definition) is 3. The zero-order valence-electron chi connectivity index (χ0n) is 15.4. The summed E-state index contributed by atoms with van der Waals surface area (Å²) in [5.74, 6) is -1.61. The number of ketones is 1. The second-order valence-corrected chi connectivity index (χ2v) is 8.40. The average molecular weight is 516 g/mol. The molecule has 2 N–H and O–H groups in total. The van der Waals surface area contributed by atoms with Gasteiger partial charge in [-0.25, -0.2) is 0 Å². The molecular weight excluding hydrogens is 504 g/mol. The molecule has 9 heteroatoms. The number of carbonyl (C=O) groups is 2. The van der Waals surface area contributed by atoms with E-state index in [0.717, 1.165) is 0 Å². The summed E-state index contributed by atoms with van der Waals surface area (Å²) in [4.78, 5) is 26.2. The van der Waals surface area contributed by atoms with Crippen molar-refractivity contribution in [2.75, 3.05) is 5.32 Å². The standard InChI is InChI=1S/C22H12Cl5NO3/c23-13-3-1-12(2-4-13)20(29)15(7-11-8-17(26)21(30)18(27)9-11)22(31)28-19-10-14(24)5-6-16(19)25/h1-10,30H,(H,28,31)/b15-7+. The van der Waals surface area contributed by atoms with Crippen LogP contribution in [0.3, 0.4) is 0 Å². The number of aromatic hydroxyl groups is 1. The molecule has 0 aliphatic carbocycles. The van der Waals surface area contributed by atoms with Crippen molar-refractivity contribution in [1.82, 2.24) is 0 Å². The van der Waals surface area contributed by atoms with E-state index >= 15 is 0 Å². The Balaban J connectivity index is 2.07. The molecule has 0 saturated heterocycles. The molecular formula is C22H12Cl5NO3. The summed E-state index contributed by atoms with van der Waals surface area (Å²) in [7, 11) is 0. The van der Waals surface area contributed by atoms with E-state index in [-0.39, 0.29) is 37.6 Å². The maximum absolute atomic E-state index is 13.1. The number of benzene rings is 3. The molecule has 1 amide bonds. The third kappa shape index (κ3) is 5.73. The van der Waals surface area contributed by atoms with Gasteiger partial charge in [-0.2, -0.15) is 0 Å². The zero-order valence-corrected chi connectivity index (χ0v) is 19.2. The number of halogens is 5.